The van der Waals surface area contributed by atoms with E-state index in [4.69, 9.17) is 4.98 Å². The summed E-state index contributed by atoms with van der Waals surface area (Å²) < 4.78 is 15.5. The molecular weight excluding hydrogens is 351 g/mol. The number of anilines is 2. The number of hydrogen-bond acceptors (Lipinski definition) is 3. The lowest BCUT2D eigenvalue weighted by atomic mass is 10.1. The molecule has 0 unspecified atom stereocenters. The predicted octanol–water partition coefficient (Wildman–Crippen LogP) is 5.85. The Morgan fingerprint density at radius 2 is 1.50 bits per heavy atom. The molecule has 2 aromatic carbocycles. The van der Waals surface area contributed by atoms with E-state index in [0.717, 1.165) is 39.5 Å². The maximum atomic E-state index is 13.4. The maximum Gasteiger partial charge on any atom is 0.150 e. The fourth-order valence-electron chi connectivity index (χ4n) is 3.75. The average molecular weight is 374 g/mol. The molecular formula is C23H23FN4. The van der Waals surface area contributed by atoms with Crippen LogP contribution < -0.4 is 5.32 Å². The van der Waals surface area contributed by atoms with Gasteiger partial charge in [-0.05, 0) is 87.7 Å². The number of aromatic nitrogens is 3. The van der Waals surface area contributed by atoms with Crippen molar-refractivity contribution in [3.05, 3.63) is 76.5 Å². The van der Waals surface area contributed by atoms with E-state index < -0.39 is 0 Å². The summed E-state index contributed by atoms with van der Waals surface area (Å²) in [6.07, 6.45) is 0. The third kappa shape index (κ3) is 3.13. The fourth-order valence-corrected chi connectivity index (χ4v) is 3.75. The van der Waals surface area contributed by atoms with Gasteiger partial charge in [0.15, 0.2) is 5.65 Å². The minimum Gasteiger partial charge on any atom is -0.340 e. The Kier molecular flexibility index (Phi) is 4.38. The molecule has 0 fully saturated rings. The van der Waals surface area contributed by atoms with Gasteiger partial charge in [-0.1, -0.05) is 6.07 Å². The molecule has 5 heteroatoms. The van der Waals surface area contributed by atoms with Crippen LogP contribution in [0.1, 0.15) is 28.2 Å². The van der Waals surface area contributed by atoms with E-state index in [-0.39, 0.29) is 5.82 Å². The molecule has 2 aromatic heterocycles. The van der Waals surface area contributed by atoms with Crippen molar-refractivity contribution in [3.8, 4) is 5.69 Å². The number of benzene rings is 2. The van der Waals surface area contributed by atoms with Crippen LogP contribution in [0, 0.1) is 40.4 Å². The fraction of sp³-hybridized carbons (Fsp3) is 0.217. The van der Waals surface area contributed by atoms with E-state index in [1.807, 2.05) is 6.92 Å². The Morgan fingerprint density at radius 3 is 2.14 bits per heavy atom. The summed E-state index contributed by atoms with van der Waals surface area (Å²) in [6, 6.07) is 12.8. The van der Waals surface area contributed by atoms with Gasteiger partial charge in [-0.3, -0.25) is 4.57 Å². The SMILES string of the molecule is Cc1cc(C)cc(Nc2nc(C)nc3c2c(C)c(C)n3-c2ccc(F)cc2)c1. The van der Waals surface area contributed by atoms with Crippen molar-refractivity contribution in [2.75, 3.05) is 5.32 Å². The predicted molar refractivity (Wildman–Crippen MR) is 112 cm³/mol. The first-order chi connectivity index (χ1) is 13.3. The average Bonchev–Trinajstić information content (AvgIpc) is 2.86. The molecule has 4 nitrogen and oxygen atoms in total. The van der Waals surface area contributed by atoms with Gasteiger partial charge < -0.3 is 5.32 Å². The minimum absolute atomic E-state index is 0.252. The van der Waals surface area contributed by atoms with E-state index >= 15 is 0 Å². The molecule has 4 rings (SSSR count). The molecule has 0 spiro atoms. The Morgan fingerprint density at radius 1 is 0.857 bits per heavy atom. The number of rotatable bonds is 3. The molecule has 0 bridgehead atoms. The summed E-state index contributed by atoms with van der Waals surface area (Å²) >= 11 is 0. The van der Waals surface area contributed by atoms with Gasteiger partial charge in [0, 0.05) is 17.1 Å². The maximum absolute atomic E-state index is 13.4. The van der Waals surface area contributed by atoms with E-state index in [9.17, 15) is 4.39 Å². The quantitative estimate of drug-likeness (QED) is 0.489. The van der Waals surface area contributed by atoms with E-state index in [0.29, 0.717) is 5.82 Å². The molecule has 0 aliphatic rings. The van der Waals surface area contributed by atoms with E-state index in [2.05, 4.69) is 60.8 Å². The van der Waals surface area contributed by atoms with Crippen LogP contribution in [0.25, 0.3) is 16.7 Å². The third-order valence-corrected chi connectivity index (χ3v) is 5.04. The molecule has 142 valence electrons. The summed E-state index contributed by atoms with van der Waals surface area (Å²) in [5.41, 5.74) is 7.26. The highest BCUT2D eigenvalue weighted by molar-refractivity contribution is 5.94. The van der Waals surface area contributed by atoms with Crippen molar-refractivity contribution in [1.82, 2.24) is 14.5 Å². The van der Waals surface area contributed by atoms with Gasteiger partial charge in [-0.15, -0.1) is 0 Å². The molecule has 28 heavy (non-hydrogen) atoms. The first-order valence-corrected chi connectivity index (χ1v) is 9.31. The number of nitrogens with one attached hydrogen (secondary N) is 1. The highest BCUT2D eigenvalue weighted by Gasteiger charge is 2.19. The van der Waals surface area contributed by atoms with Gasteiger partial charge in [0.25, 0.3) is 0 Å². The lowest BCUT2D eigenvalue weighted by Gasteiger charge is -2.11. The van der Waals surface area contributed by atoms with Gasteiger partial charge in [0.05, 0.1) is 5.39 Å². The van der Waals surface area contributed by atoms with Crippen LogP contribution in [0.2, 0.25) is 0 Å². The first kappa shape index (κ1) is 18.2. The largest absolute Gasteiger partial charge is 0.340 e. The van der Waals surface area contributed by atoms with Crippen LogP contribution in [0.4, 0.5) is 15.9 Å². The normalized spacial score (nSPS) is 11.2. The standard InChI is InChI=1S/C23H23FN4/c1-13-10-14(2)12-19(11-13)27-22-21-15(3)16(4)28(23(21)26-17(5)25-22)20-8-6-18(24)7-9-20/h6-12H,1-5H3,(H,25,26,27). The van der Waals surface area contributed by atoms with Gasteiger partial charge >= 0.3 is 0 Å². The van der Waals surface area contributed by atoms with Crippen LogP contribution in [-0.4, -0.2) is 14.5 Å². The highest BCUT2D eigenvalue weighted by Crippen LogP contribution is 2.33. The Hall–Kier alpha value is -3.21. The number of fused-ring (bicyclic) bond motifs is 1. The second kappa shape index (κ2) is 6.75. The van der Waals surface area contributed by atoms with Gasteiger partial charge in [0.1, 0.15) is 17.5 Å². The van der Waals surface area contributed by atoms with E-state index in [1.54, 1.807) is 12.1 Å². The summed E-state index contributed by atoms with van der Waals surface area (Å²) in [7, 11) is 0. The monoisotopic (exact) mass is 374 g/mol. The van der Waals surface area contributed by atoms with Gasteiger partial charge in [-0.25, -0.2) is 14.4 Å². The molecule has 0 radical (unpaired) electrons. The zero-order chi connectivity index (χ0) is 20.0. The van der Waals surface area contributed by atoms with Crippen LogP contribution in [0.3, 0.4) is 0 Å². The number of hydrogen-bond donors (Lipinski definition) is 1. The third-order valence-electron chi connectivity index (χ3n) is 5.04. The molecule has 0 atom stereocenters. The van der Waals surface area contributed by atoms with Crippen molar-refractivity contribution in [1.29, 1.82) is 0 Å². The summed E-state index contributed by atoms with van der Waals surface area (Å²) in [6.45, 7) is 10.2. The molecule has 2 heterocycles. The Labute approximate surface area is 164 Å². The van der Waals surface area contributed by atoms with Gasteiger partial charge in [0.2, 0.25) is 0 Å². The van der Waals surface area contributed by atoms with Crippen molar-refractivity contribution < 1.29 is 4.39 Å². The Bertz CT molecular complexity index is 1170. The number of halogens is 1. The molecule has 0 saturated carbocycles. The summed E-state index contributed by atoms with van der Waals surface area (Å²) in [5, 5.41) is 4.47. The Balaban J connectivity index is 1.94. The second-order valence-electron chi connectivity index (χ2n) is 7.34. The van der Waals surface area contributed by atoms with Crippen LogP contribution in [0.5, 0.6) is 0 Å². The summed E-state index contributed by atoms with van der Waals surface area (Å²) in [5.74, 6) is 1.21. The zero-order valence-corrected chi connectivity index (χ0v) is 16.8. The minimum atomic E-state index is -0.252. The lowest BCUT2D eigenvalue weighted by molar-refractivity contribution is 0.627. The molecule has 0 aliphatic carbocycles. The molecule has 1 N–H and O–H groups in total. The second-order valence-corrected chi connectivity index (χ2v) is 7.34. The number of aryl methyl sites for hydroxylation is 4. The van der Waals surface area contributed by atoms with Crippen molar-refractivity contribution >= 4 is 22.5 Å². The zero-order valence-electron chi connectivity index (χ0n) is 16.8. The molecule has 0 amide bonds. The topological polar surface area (TPSA) is 42.7 Å². The number of nitrogens with zero attached hydrogens (tertiary/aromatic N) is 3. The molecule has 0 aliphatic heterocycles. The van der Waals surface area contributed by atoms with Crippen LogP contribution in [-0.2, 0) is 0 Å². The van der Waals surface area contributed by atoms with Gasteiger partial charge in [-0.2, -0.15) is 0 Å². The molecule has 0 saturated heterocycles. The lowest BCUT2D eigenvalue weighted by Crippen LogP contribution is -2.02. The van der Waals surface area contributed by atoms with E-state index in [1.165, 1.54) is 23.3 Å². The van der Waals surface area contributed by atoms with Crippen LogP contribution in [0.15, 0.2) is 42.5 Å². The van der Waals surface area contributed by atoms with Crippen molar-refractivity contribution in [2.45, 2.75) is 34.6 Å². The highest BCUT2D eigenvalue weighted by atomic mass is 19.1. The molecule has 4 aromatic rings. The van der Waals surface area contributed by atoms with Crippen molar-refractivity contribution in [2.24, 2.45) is 0 Å². The summed E-state index contributed by atoms with van der Waals surface area (Å²) in [4.78, 5) is 9.40. The first-order valence-electron chi connectivity index (χ1n) is 9.31. The smallest absolute Gasteiger partial charge is 0.150 e. The van der Waals surface area contributed by atoms with Crippen molar-refractivity contribution in [3.63, 3.8) is 0 Å². The van der Waals surface area contributed by atoms with Crippen LogP contribution >= 0.6 is 0 Å².